The lowest BCUT2D eigenvalue weighted by molar-refractivity contribution is -0.123. The number of carbonyl (C=O) groups excluding carboxylic acids is 1. The smallest absolute Gasteiger partial charge is 0.251 e. The van der Waals surface area contributed by atoms with Gasteiger partial charge in [0.1, 0.15) is 0 Å². The third-order valence-corrected chi connectivity index (χ3v) is 6.10. The molecule has 4 aliphatic rings. The molecule has 158 valence electrons. The van der Waals surface area contributed by atoms with Crippen molar-refractivity contribution in [1.29, 1.82) is 0 Å². The number of pyridine rings is 1. The normalized spacial score (nSPS) is 20.6. The van der Waals surface area contributed by atoms with E-state index in [4.69, 9.17) is 9.47 Å². The Morgan fingerprint density at radius 2 is 2.00 bits per heavy atom. The molecule has 1 atom stereocenters. The van der Waals surface area contributed by atoms with Gasteiger partial charge in [-0.2, -0.15) is 0 Å². The molecule has 1 unspecified atom stereocenters. The fraction of sp³-hybridized carbons (Fsp3) is 0.154. The second-order valence-electron chi connectivity index (χ2n) is 7.95. The SMILES string of the molecule is O=C(/C=C/c1ccncc1)N1CCC2=C3C=CC=CC3NC2=C1c1ccc2c(c1)OCO2. The van der Waals surface area contributed by atoms with Gasteiger partial charge in [-0.15, -0.1) is 0 Å². The molecule has 6 nitrogen and oxygen atoms in total. The van der Waals surface area contributed by atoms with Crippen LogP contribution in [0, 0.1) is 0 Å². The Kier molecular flexibility index (Phi) is 4.42. The number of allylic oxidation sites excluding steroid dienone is 3. The van der Waals surface area contributed by atoms with Crippen LogP contribution >= 0.6 is 0 Å². The van der Waals surface area contributed by atoms with Crippen LogP contribution in [-0.4, -0.2) is 35.2 Å². The van der Waals surface area contributed by atoms with Crippen LogP contribution in [0.1, 0.15) is 17.5 Å². The minimum absolute atomic E-state index is 0.0613. The van der Waals surface area contributed by atoms with E-state index in [1.807, 2.05) is 41.3 Å². The van der Waals surface area contributed by atoms with Crippen molar-refractivity contribution in [3.8, 4) is 11.5 Å². The van der Waals surface area contributed by atoms with E-state index in [0.717, 1.165) is 34.7 Å². The fourth-order valence-corrected chi connectivity index (χ4v) is 4.59. The lowest BCUT2D eigenvalue weighted by Gasteiger charge is -2.32. The van der Waals surface area contributed by atoms with E-state index >= 15 is 0 Å². The Bertz CT molecular complexity index is 1250. The number of ether oxygens (including phenoxy) is 2. The van der Waals surface area contributed by atoms with Gasteiger partial charge in [0.25, 0.3) is 5.91 Å². The van der Waals surface area contributed by atoms with Gasteiger partial charge in [-0.05, 0) is 59.5 Å². The van der Waals surface area contributed by atoms with Crippen LogP contribution in [0.25, 0.3) is 11.8 Å². The molecule has 0 saturated heterocycles. The Hall–Kier alpha value is -4.06. The number of hydrogen-bond acceptors (Lipinski definition) is 5. The van der Waals surface area contributed by atoms with Crippen LogP contribution in [-0.2, 0) is 4.79 Å². The molecule has 0 bridgehead atoms. The predicted molar refractivity (Wildman–Crippen MR) is 121 cm³/mol. The van der Waals surface area contributed by atoms with Crippen LogP contribution in [0.3, 0.4) is 0 Å². The van der Waals surface area contributed by atoms with Gasteiger partial charge in [0.2, 0.25) is 6.79 Å². The molecule has 6 rings (SSSR count). The van der Waals surface area contributed by atoms with Gasteiger partial charge < -0.3 is 19.7 Å². The summed E-state index contributed by atoms with van der Waals surface area (Å²) in [5.41, 5.74) is 6.29. The molecule has 32 heavy (non-hydrogen) atoms. The van der Waals surface area contributed by atoms with E-state index in [1.165, 1.54) is 11.1 Å². The van der Waals surface area contributed by atoms with Crippen LogP contribution in [0.5, 0.6) is 11.5 Å². The number of rotatable bonds is 3. The molecule has 1 amide bonds. The van der Waals surface area contributed by atoms with Crippen LogP contribution < -0.4 is 14.8 Å². The monoisotopic (exact) mass is 423 g/mol. The zero-order chi connectivity index (χ0) is 21.5. The summed E-state index contributed by atoms with van der Waals surface area (Å²) in [5.74, 6) is 1.36. The van der Waals surface area contributed by atoms with E-state index in [1.54, 1.807) is 18.5 Å². The van der Waals surface area contributed by atoms with Crippen LogP contribution in [0.2, 0.25) is 0 Å². The van der Waals surface area contributed by atoms with Crippen molar-refractivity contribution in [3.63, 3.8) is 0 Å². The number of carbonyl (C=O) groups is 1. The van der Waals surface area contributed by atoms with Crippen molar-refractivity contribution in [3.05, 3.63) is 101 Å². The molecule has 0 spiro atoms. The van der Waals surface area contributed by atoms with Crippen molar-refractivity contribution in [1.82, 2.24) is 15.2 Å². The van der Waals surface area contributed by atoms with Crippen LogP contribution in [0.4, 0.5) is 0 Å². The van der Waals surface area contributed by atoms with E-state index < -0.39 is 0 Å². The maximum absolute atomic E-state index is 13.4. The maximum Gasteiger partial charge on any atom is 0.251 e. The minimum Gasteiger partial charge on any atom is -0.454 e. The zero-order valence-corrected chi connectivity index (χ0v) is 17.3. The van der Waals surface area contributed by atoms with Gasteiger partial charge in [-0.1, -0.05) is 24.3 Å². The van der Waals surface area contributed by atoms with Gasteiger partial charge in [0.05, 0.1) is 17.4 Å². The molecular formula is C26H21N3O3. The second-order valence-corrected chi connectivity index (χ2v) is 7.95. The van der Waals surface area contributed by atoms with E-state index in [-0.39, 0.29) is 18.7 Å². The number of benzene rings is 1. The van der Waals surface area contributed by atoms with Crippen molar-refractivity contribution in [2.45, 2.75) is 12.5 Å². The average Bonchev–Trinajstić information content (AvgIpc) is 3.46. The number of fused-ring (bicyclic) bond motifs is 3. The van der Waals surface area contributed by atoms with Gasteiger partial charge in [-0.3, -0.25) is 9.78 Å². The zero-order valence-electron chi connectivity index (χ0n) is 17.3. The largest absolute Gasteiger partial charge is 0.454 e. The van der Waals surface area contributed by atoms with Gasteiger partial charge >= 0.3 is 0 Å². The molecule has 0 fully saturated rings. The molecule has 6 heteroatoms. The average molecular weight is 423 g/mol. The first kappa shape index (κ1) is 18.7. The highest BCUT2D eigenvalue weighted by atomic mass is 16.7. The van der Waals surface area contributed by atoms with Gasteiger partial charge in [0.15, 0.2) is 11.5 Å². The van der Waals surface area contributed by atoms with Crippen molar-refractivity contribution >= 4 is 17.7 Å². The molecule has 0 saturated carbocycles. The molecule has 0 radical (unpaired) electrons. The number of nitrogens with one attached hydrogen (secondary N) is 1. The lowest BCUT2D eigenvalue weighted by atomic mass is 9.93. The molecule has 3 aliphatic heterocycles. The summed E-state index contributed by atoms with van der Waals surface area (Å²) in [4.78, 5) is 19.2. The molecule has 1 N–H and O–H groups in total. The fourth-order valence-electron chi connectivity index (χ4n) is 4.59. The summed E-state index contributed by atoms with van der Waals surface area (Å²) >= 11 is 0. The van der Waals surface area contributed by atoms with Gasteiger partial charge in [-0.25, -0.2) is 0 Å². The first-order chi connectivity index (χ1) is 15.8. The highest BCUT2D eigenvalue weighted by molar-refractivity contribution is 5.99. The van der Waals surface area contributed by atoms with Crippen molar-refractivity contribution in [2.75, 3.05) is 13.3 Å². The van der Waals surface area contributed by atoms with Crippen molar-refractivity contribution < 1.29 is 14.3 Å². The Labute approximate surface area is 185 Å². The highest BCUT2D eigenvalue weighted by Gasteiger charge is 2.36. The molecule has 1 aromatic heterocycles. The summed E-state index contributed by atoms with van der Waals surface area (Å²) in [6.07, 6.45) is 16.1. The van der Waals surface area contributed by atoms with E-state index in [0.29, 0.717) is 12.3 Å². The third-order valence-electron chi connectivity index (χ3n) is 6.10. The quantitative estimate of drug-likeness (QED) is 0.761. The molecule has 1 aliphatic carbocycles. The number of nitrogens with zero attached hydrogens (tertiary/aromatic N) is 2. The second kappa shape index (κ2) is 7.57. The standard InChI is InChI=1S/C26H21N3O3/c30-24(8-5-17-9-12-27-13-10-17)29-14-11-20-19-3-1-2-4-21(19)28-25(20)26(29)18-6-7-22-23(15-18)32-16-31-22/h1-10,12-13,15,21,28H,11,14,16H2/b8-5+. The molecule has 1 aromatic carbocycles. The summed E-state index contributed by atoms with van der Waals surface area (Å²) in [5, 5.41) is 3.64. The summed E-state index contributed by atoms with van der Waals surface area (Å²) in [7, 11) is 0. The Balaban J connectivity index is 1.44. The van der Waals surface area contributed by atoms with E-state index in [2.05, 4.69) is 34.6 Å². The first-order valence-electron chi connectivity index (χ1n) is 10.7. The maximum atomic E-state index is 13.4. The summed E-state index contributed by atoms with van der Waals surface area (Å²) in [6.45, 7) is 0.824. The van der Waals surface area contributed by atoms with Crippen molar-refractivity contribution in [2.24, 2.45) is 0 Å². The Morgan fingerprint density at radius 3 is 2.91 bits per heavy atom. The predicted octanol–water partition coefficient (Wildman–Crippen LogP) is 3.82. The van der Waals surface area contributed by atoms with E-state index in [9.17, 15) is 4.79 Å². The first-order valence-corrected chi connectivity index (χ1v) is 10.7. The molecular weight excluding hydrogens is 402 g/mol. The number of amides is 1. The minimum atomic E-state index is -0.0613. The summed E-state index contributed by atoms with van der Waals surface area (Å²) in [6, 6.07) is 9.75. The third kappa shape index (κ3) is 3.12. The number of aromatic nitrogens is 1. The van der Waals surface area contributed by atoms with Gasteiger partial charge in [0, 0.05) is 30.6 Å². The molecule has 2 aromatic rings. The number of hydrogen-bond donors (Lipinski definition) is 1. The lowest BCUT2D eigenvalue weighted by Crippen LogP contribution is -2.35. The topological polar surface area (TPSA) is 63.7 Å². The Morgan fingerprint density at radius 1 is 1.12 bits per heavy atom. The highest BCUT2D eigenvalue weighted by Crippen LogP contribution is 2.42. The summed E-state index contributed by atoms with van der Waals surface area (Å²) < 4.78 is 11.1. The van der Waals surface area contributed by atoms with Crippen LogP contribution in [0.15, 0.2) is 89.9 Å². The molecule has 4 heterocycles.